The van der Waals surface area contributed by atoms with Gasteiger partial charge in [-0.2, -0.15) is 0 Å². The van der Waals surface area contributed by atoms with E-state index in [2.05, 4.69) is 16.9 Å². The van der Waals surface area contributed by atoms with Crippen LogP contribution >= 0.6 is 0 Å². The Kier molecular flexibility index (Phi) is 6.10. The molecular weight excluding hydrogens is 348 g/mol. The van der Waals surface area contributed by atoms with Gasteiger partial charge >= 0.3 is 23.9 Å². The fourth-order valence-electron chi connectivity index (χ4n) is 3.00. The Morgan fingerprint density at radius 1 is 0.852 bits per heavy atom. The molecule has 0 aliphatic carbocycles. The molecular formula is C21H22O6. The standard InChI is InChI=1S/C17H18O3.C4H4O3/c1-9(2)15-14(16(18)20-17(15)19)8-13-11(4)6-10(3)7-12(13)5;5-3-1-2-4(6)7-3/h6-8H,1-5H3;1-2H2/b14-8+;. The summed E-state index contributed by atoms with van der Waals surface area (Å²) in [5.41, 5.74) is 5.82. The Labute approximate surface area is 157 Å². The number of allylic oxidation sites excluding steroid dienone is 1. The lowest BCUT2D eigenvalue weighted by molar-refractivity contribution is -0.153. The van der Waals surface area contributed by atoms with E-state index in [4.69, 9.17) is 4.74 Å². The maximum absolute atomic E-state index is 11.8. The molecule has 2 aliphatic rings. The van der Waals surface area contributed by atoms with Crippen LogP contribution in [-0.2, 0) is 28.7 Å². The number of hydrogen-bond donors (Lipinski definition) is 0. The molecule has 2 saturated heterocycles. The predicted molar refractivity (Wildman–Crippen MR) is 98.4 cm³/mol. The van der Waals surface area contributed by atoms with Crippen LogP contribution in [0.15, 0.2) is 28.9 Å². The topological polar surface area (TPSA) is 86.7 Å². The first-order valence-corrected chi connectivity index (χ1v) is 8.57. The zero-order chi connectivity index (χ0) is 20.3. The Balaban J connectivity index is 0.000000313. The molecule has 0 unspecified atom stereocenters. The number of cyclic esters (lactones) is 4. The summed E-state index contributed by atoms with van der Waals surface area (Å²) < 4.78 is 8.80. The van der Waals surface area contributed by atoms with Crippen LogP contribution in [0.4, 0.5) is 0 Å². The van der Waals surface area contributed by atoms with Crippen molar-refractivity contribution in [2.45, 2.75) is 47.5 Å². The SMILES string of the molecule is CC(C)=C1C(=O)OC(=O)/C1=C/c1c(C)cc(C)cc1C.O=C1CCC(=O)O1. The summed E-state index contributed by atoms with van der Waals surface area (Å²) in [7, 11) is 0. The van der Waals surface area contributed by atoms with Crippen molar-refractivity contribution in [1.82, 2.24) is 0 Å². The van der Waals surface area contributed by atoms with Gasteiger partial charge in [0.2, 0.25) is 0 Å². The number of carbonyl (C=O) groups excluding carboxylic acids is 4. The molecule has 27 heavy (non-hydrogen) atoms. The highest BCUT2D eigenvalue weighted by molar-refractivity contribution is 6.20. The van der Waals surface area contributed by atoms with E-state index in [9.17, 15) is 19.2 Å². The van der Waals surface area contributed by atoms with Crippen molar-refractivity contribution in [3.05, 3.63) is 51.1 Å². The zero-order valence-electron chi connectivity index (χ0n) is 16.1. The second kappa shape index (κ2) is 8.12. The molecule has 0 radical (unpaired) electrons. The summed E-state index contributed by atoms with van der Waals surface area (Å²) in [5.74, 6) is -1.91. The third-order valence-corrected chi connectivity index (χ3v) is 4.17. The second-order valence-corrected chi connectivity index (χ2v) is 6.77. The van der Waals surface area contributed by atoms with E-state index in [1.165, 1.54) is 5.56 Å². The van der Waals surface area contributed by atoms with Gasteiger partial charge in [0.05, 0.1) is 24.0 Å². The third kappa shape index (κ3) is 4.78. The van der Waals surface area contributed by atoms with Crippen LogP contribution in [0, 0.1) is 20.8 Å². The monoisotopic (exact) mass is 370 g/mol. The third-order valence-electron chi connectivity index (χ3n) is 4.17. The van der Waals surface area contributed by atoms with Crippen molar-refractivity contribution in [3.63, 3.8) is 0 Å². The molecule has 0 atom stereocenters. The highest BCUT2D eigenvalue weighted by Crippen LogP contribution is 2.29. The summed E-state index contributed by atoms with van der Waals surface area (Å²) >= 11 is 0. The average Bonchev–Trinajstić information content (AvgIpc) is 3.05. The van der Waals surface area contributed by atoms with Gasteiger partial charge in [0, 0.05) is 0 Å². The molecule has 0 N–H and O–H groups in total. The van der Waals surface area contributed by atoms with Crippen LogP contribution in [0.3, 0.4) is 0 Å². The molecule has 2 aliphatic heterocycles. The maximum atomic E-state index is 11.8. The summed E-state index contributed by atoms with van der Waals surface area (Å²) in [6, 6.07) is 4.12. The summed E-state index contributed by atoms with van der Waals surface area (Å²) in [4.78, 5) is 43.6. The van der Waals surface area contributed by atoms with Crippen molar-refractivity contribution in [2.75, 3.05) is 0 Å². The predicted octanol–water partition coefficient (Wildman–Crippen LogP) is 3.27. The van der Waals surface area contributed by atoms with Crippen LogP contribution in [0.1, 0.15) is 48.9 Å². The first kappa shape index (κ1) is 20.3. The molecule has 0 aromatic heterocycles. The molecule has 0 bridgehead atoms. The van der Waals surface area contributed by atoms with E-state index in [1.807, 2.05) is 20.8 Å². The van der Waals surface area contributed by atoms with Gasteiger partial charge < -0.3 is 9.47 Å². The largest absolute Gasteiger partial charge is 0.393 e. The van der Waals surface area contributed by atoms with Crippen LogP contribution in [0.5, 0.6) is 0 Å². The fraction of sp³-hybridized carbons (Fsp3) is 0.333. The van der Waals surface area contributed by atoms with Crippen LogP contribution < -0.4 is 0 Å². The number of ether oxygens (including phenoxy) is 2. The van der Waals surface area contributed by atoms with Crippen molar-refractivity contribution < 1.29 is 28.7 Å². The van der Waals surface area contributed by atoms with Gasteiger partial charge in [0.15, 0.2) is 0 Å². The van der Waals surface area contributed by atoms with E-state index in [1.54, 1.807) is 19.9 Å². The Morgan fingerprint density at radius 3 is 1.78 bits per heavy atom. The van der Waals surface area contributed by atoms with E-state index in [0.717, 1.165) is 22.3 Å². The van der Waals surface area contributed by atoms with Crippen LogP contribution in [0.25, 0.3) is 6.08 Å². The van der Waals surface area contributed by atoms with Gasteiger partial charge in [-0.15, -0.1) is 0 Å². The average molecular weight is 370 g/mol. The quantitative estimate of drug-likeness (QED) is 0.428. The van der Waals surface area contributed by atoms with Crippen molar-refractivity contribution in [1.29, 1.82) is 0 Å². The number of esters is 4. The smallest absolute Gasteiger partial charge is 0.346 e. The first-order chi connectivity index (χ1) is 12.6. The minimum absolute atomic E-state index is 0.263. The van der Waals surface area contributed by atoms with Gasteiger partial charge in [-0.1, -0.05) is 23.3 Å². The molecule has 142 valence electrons. The Hall–Kier alpha value is -3.02. The summed E-state index contributed by atoms with van der Waals surface area (Å²) in [6.45, 7) is 9.63. The van der Waals surface area contributed by atoms with Crippen molar-refractivity contribution in [3.8, 4) is 0 Å². The first-order valence-electron chi connectivity index (χ1n) is 8.57. The molecule has 2 heterocycles. The van der Waals surface area contributed by atoms with Gasteiger partial charge in [0.1, 0.15) is 0 Å². The zero-order valence-corrected chi connectivity index (χ0v) is 16.1. The lowest BCUT2D eigenvalue weighted by Gasteiger charge is -2.08. The second-order valence-electron chi connectivity index (χ2n) is 6.77. The molecule has 1 aromatic carbocycles. The number of hydrogen-bond acceptors (Lipinski definition) is 6. The van der Waals surface area contributed by atoms with Gasteiger partial charge in [-0.3, -0.25) is 9.59 Å². The highest BCUT2D eigenvalue weighted by atomic mass is 16.6. The highest BCUT2D eigenvalue weighted by Gasteiger charge is 2.34. The van der Waals surface area contributed by atoms with Crippen LogP contribution in [0.2, 0.25) is 0 Å². The minimum atomic E-state index is -0.564. The Morgan fingerprint density at radius 2 is 1.37 bits per heavy atom. The van der Waals surface area contributed by atoms with Crippen LogP contribution in [-0.4, -0.2) is 23.9 Å². The lowest BCUT2D eigenvalue weighted by Crippen LogP contribution is -1.97. The maximum Gasteiger partial charge on any atom is 0.346 e. The van der Waals surface area contributed by atoms with E-state index in [0.29, 0.717) is 11.1 Å². The van der Waals surface area contributed by atoms with E-state index < -0.39 is 23.9 Å². The normalized spacial score (nSPS) is 17.7. The van der Waals surface area contributed by atoms with E-state index >= 15 is 0 Å². The molecule has 1 aromatic rings. The van der Waals surface area contributed by atoms with Gasteiger partial charge in [-0.25, -0.2) is 9.59 Å². The molecule has 0 amide bonds. The molecule has 0 spiro atoms. The molecule has 3 rings (SSSR count). The summed E-state index contributed by atoms with van der Waals surface area (Å²) in [6.07, 6.45) is 2.29. The Bertz CT molecular complexity index is 860. The van der Waals surface area contributed by atoms with Crippen molar-refractivity contribution in [2.24, 2.45) is 0 Å². The van der Waals surface area contributed by atoms with Gasteiger partial charge in [-0.05, 0) is 57.4 Å². The molecule has 0 saturated carbocycles. The number of aryl methyl sites for hydroxylation is 3. The summed E-state index contributed by atoms with van der Waals surface area (Å²) in [5, 5.41) is 0. The molecule has 6 heteroatoms. The van der Waals surface area contributed by atoms with Crippen molar-refractivity contribution >= 4 is 30.0 Å². The number of benzene rings is 1. The van der Waals surface area contributed by atoms with Gasteiger partial charge in [0.25, 0.3) is 0 Å². The lowest BCUT2D eigenvalue weighted by atomic mass is 9.95. The fourth-order valence-corrected chi connectivity index (χ4v) is 3.00. The van der Waals surface area contributed by atoms with E-state index in [-0.39, 0.29) is 12.8 Å². The molecule has 2 fully saturated rings. The number of carbonyl (C=O) groups is 4. The minimum Gasteiger partial charge on any atom is -0.393 e. The number of rotatable bonds is 1. The molecule has 6 nitrogen and oxygen atoms in total.